The number of amides is 1. The number of nitrogens with one attached hydrogen (secondary N) is 1. The molecule has 1 fully saturated rings. The zero-order chi connectivity index (χ0) is 21.6. The molecule has 1 N–H and O–H groups in total. The molecule has 0 unspecified atom stereocenters. The average molecular weight is 426 g/mol. The molecule has 1 saturated heterocycles. The minimum atomic E-state index is -3.68. The minimum Gasteiger partial charge on any atom is -0.495 e. The maximum absolute atomic E-state index is 13.1. The van der Waals surface area contributed by atoms with E-state index >= 15 is 0 Å². The minimum absolute atomic E-state index is 0.0937. The van der Waals surface area contributed by atoms with Crippen LogP contribution < -0.4 is 10.1 Å². The molecule has 0 spiro atoms. The van der Waals surface area contributed by atoms with E-state index in [0.29, 0.717) is 29.9 Å². The molecule has 0 aromatic heterocycles. The summed E-state index contributed by atoms with van der Waals surface area (Å²) in [6, 6.07) is 13.4. The second-order valence-electron chi connectivity index (χ2n) is 6.89. The highest BCUT2D eigenvalue weighted by molar-refractivity contribution is 7.89. The van der Waals surface area contributed by atoms with Crippen molar-refractivity contribution in [3.8, 4) is 11.8 Å². The van der Waals surface area contributed by atoms with Crippen molar-refractivity contribution in [2.75, 3.05) is 25.5 Å². The lowest BCUT2D eigenvalue weighted by Gasteiger charge is -2.26. The second-order valence-corrected chi connectivity index (χ2v) is 8.80. The third-order valence-electron chi connectivity index (χ3n) is 4.81. The van der Waals surface area contributed by atoms with E-state index in [1.165, 1.54) is 29.6 Å². The number of carbonyl (C=O) groups excluding carboxylic acids is 1. The zero-order valence-electron chi connectivity index (χ0n) is 16.7. The van der Waals surface area contributed by atoms with Crippen LogP contribution in [0, 0.1) is 11.3 Å². The van der Waals surface area contributed by atoms with Crippen LogP contribution in [0.4, 0.5) is 5.69 Å². The van der Waals surface area contributed by atoms with E-state index < -0.39 is 10.0 Å². The van der Waals surface area contributed by atoms with E-state index in [4.69, 9.17) is 10.00 Å². The molecule has 7 nitrogen and oxygen atoms in total. The predicted octanol–water partition coefficient (Wildman–Crippen LogP) is 3.39. The van der Waals surface area contributed by atoms with E-state index in [2.05, 4.69) is 5.32 Å². The monoisotopic (exact) mass is 425 g/mol. The van der Waals surface area contributed by atoms with E-state index in [-0.39, 0.29) is 16.6 Å². The first-order valence-electron chi connectivity index (χ1n) is 9.61. The highest BCUT2D eigenvalue weighted by atomic mass is 32.2. The van der Waals surface area contributed by atoms with Gasteiger partial charge in [0.2, 0.25) is 15.9 Å². The number of methoxy groups -OCH3 is 1. The predicted molar refractivity (Wildman–Crippen MR) is 114 cm³/mol. The van der Waals surface area contributed by atoms with Crippen molar-refractivity contribution in [1.82, 2.24) is 4.31 Å². The van der Waals surface area contributed by atoms with Crippen LogP contribution in [0.15, 0.2) is 53.4 Å². The largest absolute Gasteiger partial charge is 0.495 e. The Morgan fingerprint density at radius 1 is 1.17 bits per heavy atom. The first-order chi connectivity index (χ1) is 14.4. The van der Waals surface area contributed by atoms with Gasteiger partial charge in [-0.2, -0.15) is 9.57 Å². The van der Waals surface area contributed by atoms with Gasteiger partial charge in [0, 0.05) is 24.9 Å². The fourth-order valence-corrected chi connectivity index (χ4v) is 4.97. The number of anilines is 1. The molecule has 1 aliphatic rings. The van der Waals surface area contributed by atoms with E-state index in [1.807, 2.05) is 6.07 Å². The van der Waals surface area contributed by atoms with Gasteiger partial charge in [-0.25, -0.2) is 8.42 Å². The molecule has 0 saturated carbocycles. The number of ether oxygens (including phenoxy) is 1. The Labute approximate surface area is 176 Å². The van der Waals surface area contributed by atoms with Gasteiger partial charge in [0.25, 0.3) is 0 Å². The van der Waals surface area contributed by atoms with Gasteiger partial charge in [-0.15, -0.1) is 0 Å². The highest BCUT2D eigenvalue weighted by Crippen LogP contribution is 2.30. The normalized spacial score (nSPS) is 14.9. The van der Waals surface area contributed by atoms with Crippen molar-refractivity contribution >= 4 is 27.7 Å². The van der Waals surface area contributed by atoms with E-state index in [1.54, 1.807) is 36.4 Å². The highest BCUT2D eigenvalue weighted by Gasteiger charge is 2.28. The number of hydrogen-bond acceptors (Lipinski definition) is 5. The van der Waals surface area contributed by atoms with Gasteiger partial charge in [0.15, 0.2) is 0 Å². The molecule has 2 aromatic rings. The van der Waals surface area contributed by atoms with Crippen molar-refractivity contribution < 1.29 is 17.9 Å². The van der Waals surface area contributed by atoms with Crippen molar-refractivity contribution in [1.29, 1.82) is 5.26 Å². The summed E-state index contributed by atoms with van der Waals surface area (Å²) in [6.45, 7) is 0.992. The zero-order valence-corrected chi connectivity index (χ0v) is 17.5. The number of carbonyl (C=O) groups is 1. The molecule has 30 heavy (non-hydrogen) atoms. The number of nitrogens with zero attached hydrogens (tertiary/aromatic N) is 2. The summed E-state index contributed by atoms with van der Waals surface area (Å²) in [7, 11) is -2.25. The standard InChI is InChI=1S/C22H23N3O4S/c1-29-20-10-8-17(15-21(20)30(27,28)25-12-3-2-4-13-25)9-11-22(26)24-19-7-5-6-18(14-19)16-23/h5-11,14-15H,2-4,12-13H2,1H3,(H,24,26)/b11-9+. The fourth-order valence-electron chi connectivity index (χ4n) is 3.27. The molecule has 0 radical (unpaired) electrons. The number of hydrogen-bond donors (Lipinski definition) is 1. The summed E-state index contributed by atoms with van der Waals surface area (Å²) in [6.07, 6.45) is 5.57. The topological polar surface area (TPSA) is 99.5 Å². The Balaban J connectivity index is 1.80. The van der Waals surface area contributed by atoms with Crippen LogP contribution in [-0.4, -0.2) is 38.8 Å². The number of rotatable bonds is 6. The summed E-state index contributed by atoms with van der Waals surface area (Å²) >= 11 is 0. The summed E-state index contributed by atoms with van der Waals surface area (Å²) in [5, 5.41) is 11.6. The van der Waals surface area contributed by atoms with Gasteiger partial charge < -0.3 is 10.1 Å². The van der Waals surface area contributed by atoms with Crippen LogP contribution in [0.2, 0.25) is 0 Å². The van der Waals surface area contributed by atoms with Crippen molar-refractivity contribution in [3.63, 3.8) is 0 Å². The van der Waals surface area contributed by atoms with Crippen molar-refractivity contribution in [2.45, 2.75) is 24.2 Å². The Morgan fingerprint density at radius 2 is 1.93 bits per heavy atom. The molecular weight excluding hydrogens is 402 g/mol. The van der Waals surface area contributed by atoms with Crippen LogP contribution in [0.1, 0.15) is 30.4 Å². The molecule has 1 aliphatic heterocycles. The average Bonchev–Trinajstić information content (AvgIpc) is 2.78. The quantitative estimate of drug-likeness (QED) is 0.715. The third kappa shape index (κ3) is 5.06. The number of sulfonamides is 1. The lowest BCUT2D eigenvalue weighted by molar-refractivity contribution is -0.111. The van der Waals surface area contributed by atoms with Crippen molar-refractivity contribution in [3.05, 3.63) is 59.7 Å². The Bertz CT molecular complexity index is 1100. The van der Waals surface area contributed by atoms with Crippen LogP contribution >= 0.6 is 0 Å². The van der Waals surface area contributed by atoms with Crippen molar-refractivity contribution in [2.24, 2.45) is 0 Å². The molecule has 0 atom stereocenters. The Kier molecular flexibility index (Phi) is 6.87. The van der Waals surface area contributed by atoms with Crippen LogP contribution in [0.3, 0.4) is 0 Å². The second kappa shape index (κ2) is 9.57. The Hall–Kier alpha value is -3.15. The Morgan fingerprint density at radius 3 is 2.63 bits per heavy atom. The molecule has 0 bridgehead atoms. The van der Waals surface area contributed by atoms with Gasteiger partial charge in [-0.1, -0.05) is 18.6 Å². The van der Waals surface area contributed by atoms with Gasteiger partial charge in [-0.3, -0.25) is 4.79 Å². The molecule has 156 valence electrons. The first-order valence-corrected chi connectivity index (χ1v) is 11.1. The van der Waals surface area contributed by atoms with E-state index in [9.17, 15) is 13.2 Å². The summed E-state index contributed by atoms with van der Waals surface area (Å²) in [5.74, 6) is -0.114. The van der Waals surface area contributed by atoms with Gasteiger partial charge in [0.1, 0.15) is 10.6 Å². The van der Waals surface area contributed by atoms with Gasteiger partial charge in [-0.05, 0) is 54.8 Å². The van der Waals surface area contributed by atoms with Crippen LogP contribution in [-0.2, 0) is 14.8 Å². The van der Waals surface area contributed by atoms with Crippen LogP contribution in [0.5, 0.6) is 5.75 Å². The number of piperidine rings is 1. The molecule has 3 rings (SSSR count). The van der Waals surface area contributed by atoms with Gasteiger partial charge >= 0.3 is 0 Å². The van der Waals surface area contributed by atoms with Gasteiger partial charge in [0.05, 0.1) is 18.7 Å². The lowest BCUT2D eigenvalue weighted by Crippen LogP contribution is -2.35. The fraction of sp³-hybridized carbons (Fsp3) is 0.273. The smallest absolute Gasteiger partial charge is 0.248 e. The maximum Gasteiger partial charge on any atom is 0.248 e. The third-order valence-corrected chi connectivity index (χ3v) is 6.73. The molecule has 0 aliphatic carbocycles. The molecule has 8 heteroatoms. The summed E-state index contributed by atoms with van der Waals surface area (Å²) in [5.41, 5.74) is 1.51. The summed E-state index contributed by atoms with van der Waals surface area (Å²) in [4.78, 5) is 12.3. The maximum atomic E-state index is 13.1. The number of nitriles is 1. The first kappa shape index (κ1) is 21.6. The number of benzene rings is 2. The molecular formula is C22H23N3O4S. The molecule has 1 heterocycles. The molecule has 2 aromatic carbocycles. The lowest BCUT2D eigenvalue weighted by atomic mass is 10.2. The molecule has 1 amide bonds. The SMILES string of the molecule is COc1ccc(/C=C/C(=O)Nc2cccc(C#N)c2)cc1S(=O)(=O)N1CCCCC1. The van der Waals surface area contributed by atoms with E-state index in [0.717, 1.165) is 19.3 Å². The summed E-state index contributed by atoms with van der Waals surface area (Å²) < 4.78 is 32.9. The van der Waals surface area contributed by atoms with Crippen LogP contribution in [0.25, 0.3) is 6.08 Å².